The van der Waals surface area contributed by atoms with Crippen molar-refractivity contribution < 1.29 is 0 Å². The molecule has 0 aliphatic rings. The second-order valence-corrected chi connectivity index (χ2v) is 10.4. The summed E-state index contributed by atoms with van der Waals surface area (Å²) in [5, 5.41) is 3.54. The van der Waals surface area contributed by atoms with Crippen LogP contribution < -0.4 is 5.32 Å². The summed E-state index contributed by atoms with van der Waals surface area (Å²) >= 11 is 0. The van der Waals surface area contributed by atoms with Crippen molar-refractivity contribution in [3.05, 3.63) is 35.9 Å². The van der Waals surface area contributed by atoms with Crippen LogP contribution in [-0.2, 0) is 6.42 Å². The Morgan fingerprint density at radius 2 is 1.71 bits per heavy atom. The maximum Gasteiger partial charge on any atom is 0.0595 e. The number of benzene rings is 1. The van der Waals surface area contributed by atoms with Crippen molar-refractivity contribution in [2.45, 2.75) is 26.1 Å². The zero-order chi connectivity index (χ0) is 10.4. The van der Waals surface area contributed by atoms with Gasteiger partial charge in [0.1, 0.15) is 0 Å². The van der Waals surface area contributed by atoms with Gasteiger partial charge in [0.05, 0.1) is 8.07 Å². The fraction of sp³-hybridized carbons (Fsp3) is 0.500. The van der Waals surface area contributed by atoms with Crippen molar-refractivity contribution in [1.82, 2.24) is 5.32 Å². The summed E-state index contributed by atoms with van der Waals surface area (Å²) in [6.45, 7) is 8.28. The topological polar surface area (TPSA) is 12.0 Å². The first-order valence-electron chi connectivity index (χ1n) is 5.32. The van der Waals surface area contributed by atoms with Gasteiger partial charge in [-0.05, 0) is 24.7 Å². The molecule has 0 saturated carbocycles. The van der Waals surface area contributed by atoms with Crippen LogP contribution in [0.15, 0.2) is 30.3 Å². The van der Waals surface area contributed by atoms with Crippen LogP contribution in [0.2, 0.25) is 19.6 Å². The Bertz CT molecular complexity index is 251. The number of hydrogen-bond donors (Lipinski definition) is 1. The van der Waals surface area contributed by atoms with E-state index in [-0.39, 0.29) is 0 Å². The molecular weight excluding hydrogens is 186 g/mol. The summed E-state index contributed by atoms with van der Waals surface area (Å²) < 4.78 is 0. The summed E-state index contributed by atoms with van der Waals surface area (Å²) in [6.07, 6.45) is 2.37. The molecule has 0 spiro atoms. The van der Waals surface area contributed by atoms with Gasteiger partial charge in [-0.25, -0.2) is 0 Å². The second kappa shape index (κ2) is 5.32. The Hall–Kier alpha value is -0.603. The highest BCUT2D eigenvalue weighted by molar-refractivity contribution is 6.76. The van der Waals surface area contributed by atoms with Crippen LogP contribution in [0.1, 0.15) is 5.56 Å². The third-order valence-electron chi connectivity index (χ3n) is 2.09. The van der Waals surface area contributed by atoms with E-state index in [9.17, 15) is 0 Å². The summed E-state index contributed by atoms with van der Waals surface area (Å²) in [4.78, 5) is 0. The smallest absolute Gasteiger partial charge is 0.0595 e. The average Bonchev–Trinajstić information content (AvgIpc) is 2.13. The lowest BCUT2D eigenvalue weighted by atomic mass is 10.2. The van der Waals surface area contributed by atoms with Gasteiger partial charge in [0.2, 0.25) is 0 Å². The normalized spacial score (nSPS) is 11.6. The van der Waals surface area contributed by atoms with Gasteiger partial charge in [0, 0.05) is 0 Å². The van der Waals surface area contributed by atoms with Gasteiger partial charge in [-0.2, -0.15) is 0 Å². The van der Waals surface area contributed by atoms with Gasteiger partial charge in [0.15, 0.2) is 0 Å². The van der Waals surface area contributed by atoms with Gasteiger partial charge in [-0.3, -0.25) is 0 Å². The fourth-order valence-electron chi connectivity index (χ4n) is 1.34. The van der Waals surface area contributed by atoms with Gasteiger partial charge in [-0.1, -0.05) is 50.0 Å². The van der Waals surface area contributed by atoms with Gasteiger partial charge >= 0.3 is 0 Å². The minimum atomic E-state index is -0.907. The minimum absolute atomic E-state index is 0.907. The zero-order valence-corrected chi connectivity index (χ0v) is 10.5. The first-order valence-corrected chi connectivity index (χ1v) is 9.03. The molecule has 0 heterocycles. The Morgan fingerprint density at radius 1 is 1.07 bits per heavy atom. The SMILES string of the molecule is C[Si](C)(C)CNCCc1ccccc1. The van der Waals surface area contributed by atoms with Gasteiger partial charge < -0.3 is 5.32 Å². The Balaban J connectivity index is 2.17. The molecule has 0 amide bonds. The van der Waals surface area contributed by atoms with Crippen molar-refractivity contribution in [3.63, 3.8) is 0 Å². The van der Waals surface area contributed by atoms with Gasteiger partial charge in [0.25, 0.3) is 0 Å². The molecule has 0 fully saturated rings. The van der Waals surface area contributed by atoms with Crippen molar-refractivity contribution in [2.75, 3.05) is 12.7 Å². The Kier molecular flexibility index (Phi) is 4.36. The molecule has 2 heteroatoms. The minimum Gasteiger partial charge on any atom is -0.319 e. The highest BCUT2D eigenvalue weighted by Gasteiger charge is 2.11. The van der Waals surface area contributed by atoms with E-state index in [0.29, 0.717) is 0 Å². The van der Waals surface area contributed by atoms with E-state index >= 15 is 0 Å². The van der Waals surface area contributed by atoms with E-state index in [1.807, 2.05) is 0 Å². The molecule has 1 aromatic rings. The lowest BCUT2D eigenvalue weighted by Gasteiger charge is -2.16. The molecule has 0 aromatic heterocycles. The molecule has 1 nitrogen and oxygen atoms in total. The van der Waals surface area contributed by atoms with E-state index in [2.05, 4.69) is 55.3 Å². The largest absolute Gasteiger partial charge is 0.319 e. The maximum atomic E-state index is 3.54. The van der Waals surface area contributed by atoms with E-state index in [0.717, 1.165) is 13.0 Å². The summed E-state index contributed by atoms with van der Waals surface area (Å²) in [5.74, 6) is 0. The van der Waals surface area contributed by atoms with Crippen LogP contribution in [0.25, 0.3) is 0 Å². The first kappa shape index (κ1) is 11.5. The molecule has 0 radical (unpaired) electrons. The molecule has 0 bridgehead atoms. The summed E-state index contributed by atoms with van der Waals surface area (Å²) in [7, 11) is -0.907. The number of rotatable bonds is 5. The molecule has 0 aliphatic carbocycles. The van der Waals surface area contributed by atoms with Crippen molar-refractivity contribution >= 4 is 8.07 Å². The van der Waals surface area contributed by atoms with Crippen LogP contribution >= 0.6 is 0 Å². The van der Waals surface area contributed by atoms with Crippen LogP contribution in [0.3, 0.4) is 0 Å². The molecule has 1 aromatic carbocycles. The number of nitrogens with one attached hydrogen (secondary N) is 1. The molecule has 1 N–H and O–H groups in total. The van der Waals surface area contributed by atoms with Gasteiger partial charge in [-0.15, -0.1) is 0 Å². The highest BCUT2D eigenvalue weighted by Crippen LogP contribution is 2.00. The Labute approximate surface area is 88.6 Å². The van der Waals surface area contributed by atoms with Crippen molar-refractivity contribution in [2.24, 2.45) is 0 Å². The maximum absolute atomic E-state index is 3.54. The monoisotopic (exact) mass is 207 g/mol. The summed E-state index contributed by atoms with van der Waals surface area (Å²) in [6, 6.07) is 10.7. The summed E-state index contributed by atoms with van der Waals surface area (Å²) in [5.41, 5.74) is 1.43. The molecular formula is C12H21NSi. The predicted molar refractivity (Wildman–Crippen MR) is 66.4 cm³/mol. The highest BCUT2D eigenvalue weighted by atomic mass is 28.3. The van der Waals surface area contributed by atoms with Crippen LogP contribution in [-0.4, -0.2) is 20.8 Å². The van der Waals surface area contributed by atoms with E-state index in [4.69, 9.17) is 0 Å². The standard InChI is InChI=1S/C12H21NSi/c1-14(2,3)11-13-10-9-12-7-5-4-6-8-12/h4-8,13H,9-11H2,1-3H3. The van der Waals surface area contributed by atoms with Crippen LogP contribution in [0, 0.1) is 0 Å². The van der Waals surface area contributed by atoms with Crippen molar-refractivity contribution in [1.29, 1.82) is 0 Å². The zero-order valence-electron chi connectivity index (χ0n) is 9.51. The fourth-order valence-corrected chi connectivity index (χ4v) is 2.27. The molecule has 0 unspecified atom stereocenters. The molecule has 1 rings (SSSR count). The third-order valence-corrected chi connectivity index (χ3v) is 3.40. The first-order chi connectivity index (χ1) is 6.58. The second-order valence-electron chi connectivity index (χ2n) is 4.97. The lowest BCUT2D eigenvalue weighted by Crippen LogP contribution is -2.37. The quantitative estimate of drug-likeness (QED) is 0.578. The molecule has 0 saturated heterocycles. The molecule has 0 aliphatic heterocycles. The van der Waals surface area contributed by atoms with E-state index in [1.54, 1.807) is 0 Å². The third kappa shape index (κ3) is 5.20. The van der Waals surface area contributed by atoms with Crippen LogP contribution in [0.4, 0.5) is 0 Å². The molecule has 14 heavy (non-hydrogen) atoms. The van der Waals surface area contributed by atoms with Crippen molar-refractivity contribution in [3.8, 4) is 0 Å². The number of hydrogen-bond acceptors (Lipinski definition) is 1. The average molecular weight is 207 g/mol. The Morgan fingerprint density at radius 3 is 2.29 bits per heavy atom. The van der Waals surface area contributed by atoms with E-state index < -0.39 is 8.07 Å². The van der Waals surface area contributed by atoms with Crippen LogP contribution in [0.5, 0.6) is 0 Å². The molecule has 78 valence electrons. The van der Waals surface area contributed by atoms with E-state index in [1.165, 1.54) is 11.7 Å². The predicted octanol–water partition coefficient (Wildman–Crippen LogP) is 2.70. The molecule has 0 atom stereocenters. The lowest BCUT2D eigenvalue weighted by molar-refractivity contribution is 0.759.